The molecule has 0 bridgehead atoms. The van der Waals surface area contributed by atoms with E-state index in [2.05, 4.69) is 205 Å². The highest BCUT2D eigenvalue weighted by molar-refractivity contribution is 7.21. The van der Waals surface area contributed by atoms with Crippen LogP contribution in [0.4, 0.5) is 0 Å². The van der Waals surface area contributed by atoms with E-state index in [0.717, 1.165) is 55.2 Å². The van der Waals surface area contributed by atoms with Crippen LogP contribution in [-0.2, 0) is 0 Å². The second kappa shape index (κ2) is 14.3. The van der Waals surface area contributed by atoms with E-state index in [9.17, 15) is 0 Å². The molecule has 0 aliphatic carbocycles. The van der Waals surface area contributed by atoms with Gasteiger partial charge in [0.15, 0.2) is 0 Å². The maximum absolute atomic E-state index is 5.03. The highest BCUT2D eigenvalue weighted by Gasteiger charge is 2.17. The number of hydrogen-bond donors (Lipinski definition) is 0. The van der Waals surface area contributed by atoms with E-state index in [-0.39, 0.29) is 0 Å². The minimum atomic E-state index is 0.934. The fourth-order valence-electron chi connectivity index (χ4n) is 8.12. The fraction of sp³-hybridized carbons (Fsp3) is 0. The van der Waals surface area contributed by atoms with Crippen LogP contribution in [0.3, 0.4) is 0 Å². The third-order valence-corrected chi connectivity index (χ3v) is 12.2. The number of thiazole rings is 1. The Balaban J connectivity index is 0.991. The lowest BCUT2D eigenvalue weighted by Gasteiger charge is -2.11. The van der Waals surface area contributed by atoms with Crippen LogP contribution < -0.4 is 0 Å². The van der Waals surface area contributed by atoms with Gasteiger partial charge >= 0.3 is 0 Å². The summed E-state index contributed by atoms with van der Waals surface area (Å²) in [6.07, 6.45) is 1.98. The lowest BCUT2D eigenvalue weighted by molar-refractivity contribution is 1.18. The molecule has 272 valence electrons. The second-order valence-corrected chi connectivity index (χ2v) is 15.7. The summed E-state index contributed by atoms with van der Waals surface area (Å²) >= 11 is 1.74. The number of aromatic nitrogens is 3. The molecule has 0 saturated heterocycles. The first kappa shape index (κ1) is 33.9. The van der Waals surface area contributed by atoms with Gasteiger partial charge in [-0.15, -0.1) is 11.3 Å². The van der Waals surface area contributed by atoms with Gasteiger partial charge in [-0.1, -0.05) is 158 Å². The molecule has 11 aromatic rings. The van der Waals surface area contributed by atoms with Gasteiger partial charge in [0.25, 0.3) is 0 Å². The molecule has 0 radical (unpaired) electrons. The molecule has 0 N–H and O–H groups in total. The number of fused-ring (bicyclic) bond motifs is 4. The zero-order chi connectivity index (χ0) is 38.4. The molecule has 0 aliphatic rings. The lowest BCUT2D eigenvalue weighted by atomic mass is 9.99. The van der Waals surface area contributed by atoms with Gasteiger partial charge in [-0.05, 0) is 87.5 Å². The zero-order valence-electron chi connectivity index (χ0n) is 31.5. The monoisotopic (exact) mass is 757 g/mol. The van der Waals surface area contributed by atoms with E-state index >= 15 is 0 Å². The van der Waals surface area contributed by atoms with Gasteiger partial charge in [0, 0.05) is 39.3 Å². The van der Waals surface area contributed by atoms with E-state index in [1.165, 1.54) is 48.9 Å². The average Bonchev–Trinajstić information content (AvgIpc) is 3.89. The van der Waals surface area contributed by atoms with Crippen LogP contribution in [0.25, 0.3) is 104 Å². The molecule has 0 amide bonds. The van der Waals surface area contributed by atoms with Crippen molar-refractivity contribution >= 4 is 43.4 Å². The molecule has 8 aromatic carbocycles. The number of nitrogens with zero attached hydrogens (tertiary/aromatic N) is 3. The first-order chi connectivity index (χ1) is 28.7. The molecule has 3 nitrogen and oxygen atoms in total. The first-order valence-electron chi connectivity index (χ1n) is 19.5. The Bertz CT molecular complexity index is 3200. The standard InChI is InChI=1S/C54H35N3S/c1-3-10-36(11-4-1)38-18-22-40(23-19-38)42-28-31-51-48(33-42)47-29-26-44(54-56-50-16-7-8-17-53(50)58-54)34-52(47)57(51)46-15-9-14-43(32-46)49-30-27-45(35-55-49)41-24-20-39(21-25-41)37-12-5-2-6-13-37/h1-35H. The molecular weight excluding hydrogens is 723 g/mol. The van der Waals surface area contributed by atoms with Crippen LogP contribution >= 0.6 is 11.3 Å². The highest BCUT2D eigenvalue weighted by Crippen LogP contribution is 2.39. The molecule has 4 heteroatoms. The van der Waals surface area contributed by atoms with Gasteiger partial charge in [-0.2, -0.15) is 0 Å². The maximum atomic E-state index is 5.03. The predicted molar refractivity (Wildman–Crippen MR) is 244 cm³/mol. The number of pyridine rings is 1. The topological polar surface area (TPSA) is 30.7 Å². The van der Waals surface area contributed by atoms with Crippen molar-refractivity contribution in [3.05, 3.63) is 212 Å². The fourth-order valence-corrected chi connectivity index (χ4v) is 9.08. The summed E-state index contributed by atoms with van der Waals surface area (Å²) in [7, 11) is 0. The van der Waals surface area contributed by atoms with Crippen molar-refractivity contribution in [2.24, 2.45) is 0 Å². The summed E-state index contributed by atoms with van der Waals surface area (Å²) in [6, 6.07) is 73.7. The van der Waals surface area contributed by atoms with Gasteiger partial charge in [0.2, 0.25) is 0 Å². The van der Waals surface area contributed by atoms with Crippen LogP contribution in [0.15, 0.2) is 212 Å². The van der Waals surface area contributed by atoms with Crippen molar-refractivity contribution in [3.8, 4) is 72.0 Å². The van der Waals surface area contributed by atoms with E-state index in [0.29, 0.717) is 0 Å². The second-order valence-electron chi connectivity index (χ2n) is 14.7. The van der Waals surface area contributed by atoms with Crippen molar-refractivity contribution in [1.82, 2.24) is 14.5 Å². The number of benzene rings is 8. The quantitative estimate of drug-likeness (QED) is 0.162. The molecule has 0 fully saturated rings. The van der Waals surface area contributed by atoms with Crippen molar-refractivity contribution in [2.45, 2.75) is 0 Å². The Morgan fingerprint density at radius 2 is 0.931 bits per heavy atom. The molecule has 11 rings (SSSR count). The van der Waals surface area contributed by atoms with E-state index < -0.39 is 0 Å². The summed E-state index contributed by atoms with van der Waals surface area (Å²) in [5.41, 5.74) is 17.0. The van der Waals surface area contributed by atoms with Gasteiger partial charge in [-0.3, -0.25) is 4.98 Å². The number of hydrogen-bond acceptors (Lipinski definition) is 3. The Labute approximate surface area is 340 Å². The normalized spacial score (nSPS) is 11.4. The molecule has 0 saturated carbocycles. The van der Waals surface area contributed by atoms with E-state index in [1.54, 1.807) is 11.3 Å². The molecule has 3 aromatic heterocycles. The summed E-state index contributed by atoms with van der Waals surface area (Å²) in [5, 5.41) is 3.43. The lowest BCUT2D eigenvalue weighted by Crippen LogP contribution is -1.95. The molecule has 3 heterocycles. The minimum Gasteiger partial charge on any atom is -0.309 e. The predicted octanol–water partition coefficient (Wildman–Crippen LogP) is 14.8. The van der Waals surface area contributed by atoms with E-state index in [4.69, 9.17) is 9.97 Å². The Morgan fingerprint density at radius 1 is 0.362 bits per heavy atom. The summed E-state index contributed by atoms with van der Waals surface area (Å²) in [5.74, 6) is 0. The number of para-hydroxylation sites is 1. The zero-order valence-corrected chi connectivity index (χ0v) is 32.3. The van der Waals surface area contributed by atoms with Crippen LogP contribution in [0.2, 0.25) is 0 Å². The highest BCUT2D eigenvalue weighted by atomic mass is 32.1. The third-order valence-electron chi connectivity index (χ3n) is 11.1. The van der Waals surface area contributed by atoms with Gasteiger partial charge in [0.1, 0.15) is 5.01 Å². The summed E-state index contributed by atoms with van der Waals surface area (Å²) in [6.45, 7) is 0. The average molecular weight is 758 g/mol. The maximum Gasteiger partial charge on any atom is 0.124 e. The van der Waals surface area contributed by atoms with Crippen molar-refractivity contribution in [1.29, 1.82) is 0 Å². The molecule has 0 atom stereocenters. The van der Waals surface area contributed by atoms with Crippen molar-refractivity contribution < 1.29 is 0 Å². The SMILES string of the molecule is c1ccc(-c2ccc(-c3ccc(-c4cccc(-n5c6ccc(-c7ccc(-c8ccccc8)cc7)cc6c6ccc(-c7nc8ccccc8s7)cc65)c4)nc3)cc2)cc1. The first-order valence-corrected chi connectivity index (χ1v) is 20.4. The Morgan fingerprint density at radius 3 is 1.60 bits per heavy atom. The largest absolute Gasteiger partial charge is 0.309 e. The van der Waals surface area contributed by atoms with Crippen LogP contribution in [0, 0.1) is 0 Å². The summed E-state index contributed by atoms with van der Waals surface area (Å²) < 4.78 is 3.59. The van der Waals surface area contributed by atoms with Crippen molar-refractivity contribution in [2.75, 3.05) is 0 Å². The Hall–Kier alpha value is -7.40. The molecule has 0 spiro atoms. The van der Waals surface area contributed by atoms with Crippen LogP contribution in [0.5, 0.6) is 0 Å². The third kappa shape index (κ3) is 6.17. The minimum absolute atomic E-state index is 0.934. The molecule has 58 heavy (non-hydrogen) atoms. The number of rotatable bonds is 7. The smallest absolute Gasteiger partial charge is 0.124 e. The van der Waals surface area contributed by atoms with Crippen LogP contribution in [0.1, 0.15) is 0 Å². The van der Waals surface area contributed by atoms with Crippen LogP contribution in [-0.4, -0.2) is 14.5 Å². The molecular formula is C54H35N3S. The molecule has 0 aliphatic heterocycles. The van der Waals surface area contributed by atoms with Gasteiger partial charge in [0.05, 0.1) is 26.9 Å². The van der Waals surface area contributed by atoms with Gasteiger partial charge in [-0.25, -0.2) is 4.98 Å². The van der Waals surface area contributed by atoms with E-state index in [1.807, 2.05) is 12.3 Å². The summed E-state index contributed by atoms with van der Waals surface area (Å²) in [4.78, 5) is 10.0. The van der Waals surface area contributed by atoms with Gasteiger partial charge < -0.3 is 4.57 Å². The molecule has 0 unspecified atom stereocenters. The Kier molecular flexibility index (Phi) is 8.34. The van der Waals surface area contributed by atoms with Crippen molar-refractivity contribution in [3.63, 3.8) is 0 Å².